The second-order valence-electron chi connectivity index (χ2n) is 6.51. The van der Waals surface area contributed by atoms with Crippen LogP contribution in [0.2, 0.25) is 0 Å². The molecule has 0 aromatic heterocycles. The number of carbonyl (C=O) groups is 1. The molecule has 0 radical (unpaired) electrons. The van der Waals surface area contributed by atoms with E-state index in [0.29, 0.717) is 6.54 Å². The molecule has 104 valence electrons. The van der Waals surface area contributed by atoms with E-state index in [0.717, 1.165) is 25.0 Å². The van der Waals surface area contributed by atoms with Crippen LogP contribution in [0.15, 0.2) is 0 Å². The lowest BCUT2D eigenvalue weighted by Crippen LogP contribution is -2.45. The fourth-order valence-electron chi connectivity index (χ4n) is 3.25. The maximum atomic E-state index is 11.1. The van der Waals surface area contributed by atoms with Crippen molar-refractivity contribution in [3.63, 3.8) is 0 Å². The molecular formula is C14H26N2O2. The molecule has 2 saturated heterocycles. The second-order valence-corrected chi connectivity index (χ2v) is 6.51. The van der Waals surface area contributed by atoms with E-state index >= 15 is 0 Å². The molecule has 1 unspecified atom stereocenters. The molecule has 2 rings (SSSR count). The first-order valence-corrected chi connectivity index (χ1v) is 7.18. The van der Waals surface area contributed by atoms with E-state index in [-0.39, 0.29) is 0 Å². The molecule has 2 aliphatic rings. The Bertz CT molecular complexity index is 290. The van der Waals surface area contributed by atoms with Gasteiger partial charge < -0.3 is 15.3 Å². The third-order valence-corrected chi connectivity index (χ3v) is 4.50. The average molecular weight is 254 g/mol. The summed E-state index contributed by atoms with van der Waals surface area (Å²) in [6.07, 6.45) is 5.07. The van der Waals surface area contributed by atoms with Gasteiger partial charge in [-0.3, -0.25) is 4.79 Å². The Kier molecular flexibility index (Phi) is 4.28. The van der Waals surface area contributed by atoms with Gasteiger partial charge in [0.2, 0.25) is 0 Å². The SMILES string of the molecule is CC(C)(CN1CCC(C2CCCN2)CC1)C(=O)O. The third kappa shape index (κ3) is 3.23. The smallest absolute Gasteiger partial charge is 0.310 e. The first-order valence-electron chi connectivity index (χ1n) is 7.18. The van der Waals surface area contributed by atoms with E-state index < -0.39 is 11.4 Å². The van der Waals surface area contributed by atoms with Gasteiger partial charge in [-0.25, -0.2) is 0 Å². The van der Waals surface area contributed by atoms with E-state index in [9.17, 15) is 4.79 Å². The molecule has 0 saturated carbocycles. The summed E-state index contributed by atoms with van der Waals surface area (Å²) < 4.78 is 0. The minimum absolute atomic E-state index is 0.627. The number of nitrogens with zero attached hydrogens (tertiary/aromatic N) is 1. The highest BCUT2D eigenvalue weighted by Crippen LogP contribution is 2.27. The average Bonchev–Trinajstić information content (AvgIpc) is 2.83. The van der Waals surface area contributed by atoms with Gasteiger partial charge in [0.15, 0.2) is 0 Å². The Hall–Kier alpha value is -0.610. The van der Waals surface area contributed by atoms with Crippen molar-refractivity contribution in [2.45, 2.75) is 45.6 Å². The van der Waals surface area contributed by atoms with Crippen LogP contribution >= 0.6 is 0 Å². The number of carboxylic acids is 1. The highest BCUT2D eigenvalue weighted by Gasteiger charge is 2.33. The van der Waals surface area contributed by atoms with Gasteiger partial charge >= 0.3 is 5.97 Å². The summed E-state index contributed by atoms with van der Waals surface area (Å²) in [5.74, 6) is 0.110. The number of rotatable bonds is 4. The van der Waals surface area contributed by atoms with Crippen molar-refractivity contribution in [1.29, 1.82) is 0 Å². The molecule has 2 heterocycles. The summed E-state index contributed by atoms with van der Waals surface area (Å²) in [6, 6.07) is 0.722. The van der Waals surface area contributed by atoms with E-state index in [1.165, 1.54) is 32.2 Å². The second kappa shape index (κ2) is 5.57. The van der Waals surface area contributed by atoms with Crippen LogP contribution < -0.4 is 5.32 Å². The van der Waals surface area contributed by atoms with E-state index in [1.54, 1.807) is 0 Å². The standard InChI is InChI=1S/C14H26N2O2/c1-14(2,13(17)18)10-16-8-5-11(6-9-16)12-4-3-7-15-12/h11-12,15H,3-10H2,1-2H3,(H,17,18). The van der Waals surface area contributed by atoms with Crippen LogP contribution in [-0.2, 0) is 4.79 Å². The molecule has 0 aromatic carbocycles. The maximum Gasteiger partial charge on any atom is 0.310 e. The Labute approximate surface area is 110 Å². The Morgan fingerprint density at radius 2 is 2.00 bits per heavy atom. The fourth-order valence-corrected chi connectivity index (χ4v) is 3.25. The summed E-state index contributed by atoms with van der Waals surface area (Å²) in [7, 11) is 0. The molecule has 2 N–H and O–H groups in total. The predicted octanol–water partition coefficient (Wildman–Crippen LogP) is 1.56. The summed E-state index contributed by atoms with van der Waals surface area (Å²) in [5, 5.41) is 12.8. The van der Waals surface area contributed by atoms with Gasteiger partial charge in [-0.2, -0.15) is 0 Å². The highest BCUT2D eigenvalue weighted by atomic mass is 16.4. The number of hydrogen-bond acceptors (Lipinski definition) is 3. The first-order chi connectivity index (χ1) is 8.49. The normalized spacial score (nSPS) is 27.6. The van der Waals surface area contributed by atoms with Gasteiger partial charge in [0.1, 0.15) is 0 Å². The minimum Gasteiger partial charge on any atom is -0.481 e. The predicted molar refractivity (Wildman–Crippen MR) is 71.6 cm³/mol. The number of hydrogen-bond donors (Lipinski definition) is 2. The quantitative estimate of drug-likeness (QED) is 0.799. The van der Waals surface area contributed by atoms with Gasteiger partial charge in [0, 0.05) is 12.6 Å². The number of carboxylic acid groups (broad SMARTS) is 1. The van der Waals surface area contributed by atoms with Crippen molar-refractivity contribution in [2.24, 2.45) is 11.3 Å². The number of aliphatic carboxylic acids is 1. The van der Waals surface area contributed by atoms with Crippen LogP contribution in [0.1, 0.15) is 39.5 Å². The van der Waals surface area contributed by atoms with Gasteiger partial charge in [0.25, 0.3) is 0 Å². The molecule has 1 atom stereocenters. The molecule has 0 aliphatic carbocycles. The van der Waals surface area contributed by atoms with Crippen LogP contribution in [0.4, 0.5) is 0 Å². The van der Waals surface area contributed by atoms with Gasteiger partial charge in [-0.15, -0.1) is 0 Å². The molecule has 0 aromatic rings. The van der Waals surface area contributed by atoms with E-state index in [1.807, 2.05) is 13.8 Å². The first kappa shape index (κ1) is 13.8. The number of nitrogens with one attached hydrogen (secondary N) is 1. The Balaban J connectivity index is 1.78. The van der Waals surface area contributed by atoms with E-state index in [2.05, 4.69) is 10.2 Å². The lowest BCUT2D eigenvalue weighted by molar-refractivity contribution is -0.148. The summed E-state index contributed by atoms with van der Waals surface area (Å²) >= 11 is 0. The lowest BCUT2D eigenvalue weighted by atomic mass is 9.86. The Morgan fingerprint density at radius 1 is 1.33 bits per heavy atom. The van der Waals surface area contributed by atoms with E-state index in [4.69, 9.17) is 5.11 Å². The fraction of sp³-hybridized carbons (Fsp3) is 0.929. The van der Waals surface area contributed by atoms with Crippen molar-refractivity contribution in [3.8, 4) is 0 Å². The molecule has 2 fully saturated rings. The van der Waals surface area contributed by atoms with Gasteiger partial charge in [-0.05, 0) is 65.1 Å². The van der Waals surface area contributed by atoms with Crippen molar-refractivity contribution in [2.75, 3.05) is 26.2 Å². The van der Waals surface area contributed by atoms with Crippen molar-refractivity contribution in [3.05, 3.63) is 0 Å². The molecule has 0 amide bonds. The monoisotopic (exact) mass is 254 g/mol. The van der Waals surface area contributed by atoms with Crippen molar-refractivity contribution in [1.82, 2.24) is 10.2 Å². The molecule has 4 heteroatoms. The van der Waals surface area contributed by atoms with Gasteiger partial charge in [-0.1, -0.05) is 0 Å². The van der Waals surface area contributed by atoms with Crippen LogP contribution in [0.5, 0.6) is 0 Å². The highest BCUT2D eigenvalue weighted by molar-refractivity contribution is 5.73. The van der Waals surface area contributed by atoms with Crippen LogP contribution in [0.3, 0.4) is 0 Å². The number of piperidine rings is 1. The largest absolute Gasteiger partial charge is 0.481 e. The van der Waals surface area contributed by atoms with Crippen molar-refractivity contribution < 1.29 is 9.90 Å². The zero-order chi connectivity index (χ0) is 13.2. The zero-order valence-corrected chi connectivity index (χ0v) is 11.6. The molecule has 18 heavy (non-hydrogen) atoms. The Morgan fingerprint density at radius 3 is 2.50 bits per heavy atom. The summed E-state index contributed by atoms with van der Waals surface area (Å²) in [5.41, 5.74) is -0.627. The molecule has 2 aliphatic heterocycles. The zero-order valence-electron chi connectivity index (χ0n) is 11.6. The molecular weight excluding hydrogens is 228 g/mol. The van der Waals surface area contributed by atoms with Crippen LogP contribution in [-0.4, -0.2) is 48.2 Å². The van der Waals surface area contributed by atoms with Crippen molar-refractivity contribution >= 4 is 5.97 Å². The topological polar surface area (TPSA) is 52.6 Å². The van der Waals surface area contributed by atoms with Crippen LogP contribution in [0.25, 0.3) is 0 Å². The molecule has 0 bridgehead atoms. The van der Waals surface area contributed by atoms with Gasteiger partial charge in [0.05, 0.1) is 5.41 Å². The third-order valence-electron chi connectivity index (χ3n) is 4.50. The lowest BCUT2D eigenvalue weighted by Gasteiger charge is -2.37. The molecule has 4 nitrogen and oxygen atoms in total. The summed E-state index contributed by atoms with van der Waals surface area (Å²) in [6.45, 7) is 7.60. The minimum atomic E-state index is -0.693. The molecule has 0 spiro atoms. The maximum absolute atomic E-state index is 11.1. The summed E-state index contributed by atoms with van der Waals surface area (Å²) in [4.78, 5) is 13.5. The van der Waals surface area contributed by atoms with Crippen LogP contribution in [0, 0.1) is 11.3 Å². The number of likely N-dealkylation sites (tertiary alicyclic amines) is 1.